The molecule has 0 spiro atoms. The summed E-state index contributed by atoms with van der Waals surface area (Å²) in [6, 6.07) is 2.84. The minimum atomic E-state index is -0.677. The molecule has 0 radical (unpaired) electrons. The number of imide groups is 1. The van der Waals surface area contributed by atoms with Crippen LogP contribution in [0, 0.1) is 30.6 Å². The van der Waals surface area contributed by atoms with Gasteiger partial charge in [0.1, 0.15) is 17.6 Å². The maximum atomic E-state index is 13.0. The van der Waals surface area contributed by atoms with Gasteiger partial charge in [-0.1, -0.05) is 12.2 Å². The van der Waals surface area contributed by atoms with Crippen molar-refractivity contribution in [2.24, 2.45) is 23.7 Å². The Balaban J connectivity index is 1.69. The van der Waals surface area contributed by atoms with E-state index in [1.165, 1.54) is 4.90 Å². The number of carbonyl (C=O) groups is 3. The van der Waals surface area contributed by atoms with Crippen LogP contribution in [0.1, 0.15) is 30.4 Å². The third-order valence-corrected chi connectivity index (χ3v) is 5.56. The van der Waals surface area contributed by atoms with Crippen molar-refractivity contribution >= 4 is 17.7 Å². The Morgan fingerprint density at radius 3 is 2.38 bits per heavy atom. The molecule has 1 saturated carbocycles. The van der Waals surface area contributed by atoms with Gasteiger partial charge >= 0.3 is 0 Å². The van der Waals surface area contributed by atoms with Crippen molar-refractivity contribution in [3.63, 3.8) is 0 Å². The van der Waals surface area contributed by atoms with Crippen LogP contribution in [0.2, 0.25) is 0 Å². The highest BCUT2D eigenvalue weighted by molar-refractivity contribution is 6.07. The second-order valence-electron chi connectivity index (χ2n) is 6.89. The smallest absolute Gasteiger partial charge is 0.234 e. The maximum Gasteiger partial charge on any atom is 0.234 e. The van der Waals surface area contributed by atoms with Crippen molar-refractivity contribution in [2.45, 2.75) is 25.8 Å². The predicted octanol–water partition coefficient (Wildman–Crippen LogP) is 1.57. The Kier molecular flexibility index (Phi) is 3.37. The fraction of sp³-hybridized carbons (Fsp3) is 0.500. The Morgan fingerprint density at radius 2 is 1.88 bits per heavy atom. The van der Waals surface area contributed by atoms with Crippen LogP contribution in [0.3, 0.4) is 0 Å². The van der Waals surface area contributed by atoms with E-state index in [1.54, 1.807) is 26.1 Å². The summed E-state index contributed by atoms with van der Waals surface area (Å²) in [5.74, 6) is 0.390. The van der Waals surface area contributed by atoms with Crippen LogP contribution < -0.4 is 5.32 Å². The van der Waals surface area contributed by atoms with E-state index in [-0.39, 0.29) is 47.8 Å². The lowest BCUT2D eigenvalue weighted by Gasteiger charge is -2.25. The summed E-state index contributed by atoms with van der Waals surface area (Å²) in [6.45, 7) is 1.80. The minimum Gasteiger partial charge on any atom is -0.464 e. The van der Waals surface area contributed by atoms with Gasteiger partial charge in [0.15, 0.2) is 0 Å². The van der Waals surface area contributed by atoms with Crippen molar-refractivity contribution < 1.29 is 18.8 Å². The van der Waals surface area contributed by atoms with E-state index in [0.29, 0.717) is 11.5 Å². The maximum absolute atomic E-state index is 13.0. The molecule has 1 N–H and O–H groups in total. The molecule has 3 aliphatic rings. The van der Waals surface area contributed by atoms with Crippen LogP contribution >= 0.6 is 0 Å². The number of likely N-dealkylation sites (tertiary alicyclic amines) is 1. The quantitative estimate of drug-likeness (QED) is 0.672. The number of carbonyl (C=O) groups excluding carboxylic acids is 3. The molecule has 1 aromatic heterocycles. The fourth-order valence-corrected chi connectivity index (χ4v) is 4.46. The molecule has 6 heteroatoms. The molecule has 6 nitrogen and oxygen atoms in total. The standard InChI is InChI=1S/C18H20N2O4/c1-9-3-6-13(24-9)12(8-14(21)19-2)20-17(22)15-10-4-5-11(7-10)16(15)18(20)23/h3-6,10-12,15-16H,7-8H2,1-2H3,(H,19,21). The summed E-state index contributed by atoms with van der Waals surface area (Å²) in [4.78, 5) is 39.2. The molecule has 3 amide bonds. The molecule has 4 rings (SSSR count). The number of rotatable bonds is 4. The highest BCUT2D eigenvalue weighted by Gasteiger charge is 2.60. The first kappa shape index (κ1) is 15.2. The third kappa shape index (κ3) is 2.05. The SMILES string of the molecule is CNC(=O)CC(c1ccc(C)o1)N1C(=O)C2C3C=CC(C3)C2C1=O. The molecule has 2 fully saturated rings. The number of amides is 3. The lowest BCUT2D eigenvalue weighted by atomic mass is 9.85. The highest BCUT2D eigenvalue weighted by atomic mass is 16.3. The summed E-state index contributed by atoms with van der Waals surface area (Å²) in [5.41, 5.74) is 0. The van der Waals surface area contributed by atoms with Gasteiger partial charge in [-0.05, 0) is 37.3 Å². The molecule has 1 saturated heterocycles. The highest BCUT2D eigenvalue weighted by Crippen LogP contribution is 2.54. The third-order valence-electron chi connectivity index (χ3n) is 5.56. The van der Waals surface area contributed by atoms with Gasteiger partial charge in [-0.25, -0.2) is 0 Å². The van der Waals surface area contributed by atoms with Crippen molar-refractivity contribution in [1.29, 1.82) is 0 Å². The fourth-order valence-electron chi connectivity index (χ4n) is 4.46. The number of fused-ring (bicyclic) bond motifs is 5. The number of hydrogen-bond acceptors (Lipinski definition) is 4. The molecule has 126 valence electrons. The van der Waals surface area contributed by atoms with E-state index < -0.39 is 6.04 Å². The Hall–Kier alpha value is -2.37. The molecule has 2 bridgehead atoms. The number of hydrogen-bond donors (Lipinski definition) is 1. The van der Waals surface area contributed by atoms with Crippen molar-refractivity contribution in [3.05, 3.63) is 35.8 Å². The molecule has 0 aromatic carbocycles. The van der Waals surface area contributed by atoms with Gasteiger partial charge in [0.05, 0.1) is 18.3 Å². The minimum absolute atomic E-state index is 0.0170. The lowest BCUT2D eigenvalue weighted by molar-refractivity contribution is -0.144. The molecule has 2 heterocycles. The van der Waals surface area contributed by atoms with Gasteiger partial charge in [-0.3, -0.25) is 19.3 Å². The molecular formula is C18H20N2O4. The van der Waals surface area contributed by atoms with Crippen molar-refractivity contribution in [3.8, 4) is 0 Å². The molecule has 5 atom stereocenters. The van der Waals surface area contributed by atoms with Crippen molar-refractivity contribution in [2.75, 3.05) is 7.05 Å². The molecule has 1 aromatic rings. The second-order valence-corrected chi connectivity index (χ2v) is 6.89. The molecule has 24 heavy (non-hydrogen) atoms. The van der Waals surface area contributed by atoms with E-state index in [2.05, 4.69) is 17.5 Å². The zero-order valence-electron chi connectivity index (χ0n) is 13.7. The Bertz CT molecular complexity index is 720. The van der Waals surface area contributed by atoms with Crippen LogP contribution in [0.4, 0.5) is 0 Å². The Morgan fingerprint density at radius 1 is 1.25 bits per heavy atom. The average molecular weight is 328 g/mol. The normalized spacial score (nSPS) is 31.7. The monoisotopic (exact) mass is 328 g/mol. The van der Waals surface area contributed by atoms with Gasteiger partial charge in [0.2, 0.25) is 17.7 Å². The largest absolute Gasteiger partial charge is 0.464 e. The van der Waals surface area contributed by atoms with E-state index in [0.717, 1.165) is 6.42 Å². The zero-order valence-corrected chi connectivity index (χ0v) is 13.7. The molecular weight excluding hydrogens is 308 g/mol. The predicted molar refractivity (Wildman–Crippen MR) is 84.4 cm³/mol. The van der Waals surface area contributed by atoms with Gasteiger partial charge in [-0.15, -0.1) is 0 Å². The number of allylic oxidation sites excluding steroid dienone is 2. The summed E-state index contributed by atoms with van der Waals surface area (Å²) < 4.78 is 5.65. The number of aryl methyl sites for hydroxylation is 1. The molecule has 1 aliphatic heterocycles. The molecule has 5 unspecified atom stereocenters. The lowest BCUT2D eigenvalue weighted by Crippen LogP contribution is -2.38. The van der Waals surface area contributed by atoms with Crippen LogP contribution in [0.5, 0.6) is 0 Å². The first-order valence-corrected chi connectivity index (χ1v) is 8.33. The zero-order chi connectivity index (χ0) is 17.0. The first-order chi connectivity index (χ1) is 11.5. The molecule has 2 aliphatic carbocycles. The van der Waals surface area contributed by atoms with Crippen LogP contribution in [-0.2, 0) is 14.4 Å². The van der Waals surface area contributed by atoms with E-state index >= 15 is 0 Å². The second kappa shape index (κ2) is 5.33. The summed E-state index contributed by atoms with van der Waals surface area (Å²) in [7, 11) is 1.54. The number of furan rings is 1. The number of nitrogens with zero attached hydrogens (tertiary/aromatic N) is 1. The van der Waals surface area contributed by atoms with Crippen LogP contribution in [-0.4, -0.2) is 29.7 Å². The van der Waals surface area contributed by atoms with Crippen LogP contribution in [0.15, 0.2) is 28.7 Å². The van der Waals surface area contributed by atoms with Gasteiger partial charge in [-0.2, -0.15) is 0 Å². The van der Waals surface area contributed by atoms with Crippen LogP contribution in [0.25, 0.3) is 0 Å². The topological polar surface area (TPSA) is 79.6 Å². The van der Waals surface area contributed by atoms with E-state index in [1.807, 2.05) is 0 Å². The van der Waals surface area contributed by atoms with E-state index in [4.69, 9.17) is 4.42 Å². The van der Waals surface area contributed by atoms with Gasteiger partial charge < -0.3 is 9.73 Å². The Labute approximate surface area is 139 Å². The average Bonchev–Trinajstić information content (AvgIpc) is 3.31. The van der Waals surface area contributed by atoms with Gasteiger partial charge in [0, 0.05) is 7.05 Å². The summed E-state index contributed by atoms with van der Waals surface area (Å²) in [6.07, 6.45) is 5.03. The van der Waals surface area contributed by atoms with Crippen molar-refractivity contribution in [1.82, 2.24) is 10.2 Å². The summed E-state index contributed by atoms with van der Waals surface area (Å²) >= 11 is 0. The first-order valence-electron chi connectivity index (χ1n) is 8.33. The van der Waals surface area contributed by atoms with Gasteiger partial charge in [0.25, 0.3) is 0 Å². The van der Waals surface area contributed by atoms with E-state index in [9.17, 15) is 14.4 Å². The summed E-state index contributed by atoms with van der Waals surface area (Å²) in [5, 5.41) is 2.56. The number of nitrogens with one attached hydrogen (secondary N) is 1.